The number of benzene rings is 1. The summed E-state index contributed by atoms with van der Waals surface area (Å²) in [4.78, 5) is 11.3. The highest BCUT2D eigenvalue weighted by atomic mass is 19.1. The Bertz CT molecular complexity index is 673. The van der Waals surface area contributed by atoms with Crippen LogP contribution in [0.3, 0.4) is 0 Å². The van der Waals surface area contributed by atoms with Crippen LogP contribution in [-0.2, 0) is 0 Å². The van der Waals surface area contributed by atoms with Crippen LogP contribution in [0.15, 0.2) is 36.5 Å². The number of hydrogen-bond donors (Lipinski definition) is 2. The van der Waals surface area contributed by atoms with Crippen molar-refractivity contribution in [2.45, 2.75) is 0 Å². The standard InChI is InChI=1S/C12H9FN4/c13-8-2-1-3-9-11(8)17-12(16-9)10-5-4-7(14)6-15-10/h1-6H,14H2,(H,16,17). The molecule has 0 fully saturated rings. The lowest BCUT2D eigenvalue weighted by Crippen LogP contribution is -1.89. The Balaban J connectivity index is 2.18. The summed E-state index contributed by atoms with van der Waals surface area (Å²) in [6.07, 6.45) is 1.54. The van der Waals surface area contributed by atoms with Crippen molar-refractivity contribution in [1.82, 2.24) is 15.0 Å². The number of rotatable bonds is 1. The lowest BCUT2D eigenvalue weighted by molar-refractivity contribution is 0.637. The highest BCUT2D eigenvalue weighted by Gasteiger charge is 2.09. The number of aromatic nitrogens is 3. The number of nitrogens with zero attached hydrogens (tertiary/aromatic N) is 2. The number of nitrogens with two attached hydrogens (primary N) is 1. The molecule has 1 aromatic carbocycles. The molecule has 84 valence electrons. The number of pyridine rings is 1. The van der Waals surface area contributed by atoms with Crippen LogP contribution in [0.5, 0.6) is 0 Å². The molecular weight excluding hydrogens is 219 g/mol. The first-order valence-corrected chi connectivity index (χ1v) is 5.10. The van der Waals surface area contributed by atoms with E-state index < -0.39 is 0 Å². The predicted molar refractivity (Wildman–Crippen MR) is 63.7 cm³/mol. The maximum Gasteiger partial charge on any atom is 0.157 e. The highest BCUT2D eigenvalue weighted by molar-refractivity contribution is 5.79. The van der Waals surface area contributed by atoms with E-state index in [9.17, 15) is 4.39 Å². The number of nitrogen functional groups attached to an aromatic ring is 1. The summed E-state index contributed by atoms with van der Waals surface area (Å²) in [5.74, 6) is 0.186. The molecule has 0 aliphatic carbocycles. The van der Waals surface area contributed by atoms with Crippen molar-refractivity contribution in [3.05, 3.63) is 42.3 Å². The molecule has 0 unspecified atom stereocenters. The van der Waals surface area contributed by atoms with E-state index >= 15 is 0 Å². The minimum Gasteiger partial charge on any atom is -0.397 e. The first-order chi connectivity index (χ1) is 8.24. The van der Waals surface area contributed by atoms with E-state index in [0.717, 1.165) is 0 Å². The van der Waals surface area contributed by atoms with Gasteiger partial charge in [-0.2, -0.15) is 0 Å². The summed E-state index contributed by atoms with van der Waals surface area (Å²) in [5.41, 5.74) is 7.74. The zero-order chi connectivity index (χ0) is 11.8. The Kier molecular flexibility index (Phi) is 2.04. The molecule has 5 heteroatoms. The summed E-state index contributed by atoms with van der Waals surface area (Å²) in [5, 5.41) is 0. The normalized spacial score (nSPS) is 10.9. The molecule has 0 aliphatic heterocycles. The largest absolute Gasteiger partial charge is 0.397 e. The molecule has 0 amide bonds. The fourth-order valence-electron chi connectivity index (χ4n) is 1.66. The molecule has 0 saturated heterocycles. The van der Waals surface area contributed by atoms with E-state index in [0.29, 0.717) is 28.2 Å². The zero-order valence-corrected chi connectivity index (χ0v) is 8.81. The van der Waals surface area contributed by atoms with Crippen LogP contribution in [0.2, 0.25) is 0 Å². The van der Waals surface area contributed by atoms with Crippen molar-refractivity contribution in [2.24, 2.45) is 0 Å². The third-order valence-corrected chi connectivity index (χ3v) is 2.49. The fraction of sp³-hybridized carbons (Fsp3) is 0. The van der Waals surface area contributed by atoms with E-state index in [2.05, 4.69) is 15.0 Å². The van der Waals surface area contributed by atoms with Gasteiger partial charge in [-0.05, 0) is 24.3 Å². The number of H-pyrrole nitrogens is 1. The smallest absolute Gasteiger partial charge is 0.157 e. The molecule has 0 spiro atoms. The van der Waals surface area contributed by atoms with Gasteiger partial charge in [-0.25, -0.2) is 9.37 Å². The van der Waals surface area contributed by atoms with Gasteiger partial charge in [0.05, 0.1) is 17.4 Å². The summed E-state index contributed by atoms with van der Waals surface area (Å²) in [6.45, 7) is 0. The molecular formula is C12H9FN4. The third kappa shape index (κ3) is 1.61. The molecule has 3 N–H and O–H groups in total. The SMILES string of the molecule is Nc1ccc(-c2nc3c(F)cccc3[nH]2)nc1. The molecule has 0 aliphatic rings. The van der Waals surface area contributed by atoms with Crippen LogP contribution >= 0.6 is 0 Å². The summed E-state index contributed by atoms with van der Waals surface area (Å²) >= 11 is 0. The molecule has 0 atom stereocenters. The van der Waals surface area contributed by atoms with Crippen molar-refractivity contribution in [3.63, 3.8) is 0 Å². The Morgan fingerprint density at radius 2 is 2.06 bits per heavy atom. The van der Waals surface area contributed by atoms with Crippen LogP contribution in [0.25, 0.3) is 22.6 Å². The van der Waals surface area contributed by atoms with Crippen molar-refractivity contribution < 1.29 is 4.39 Å². The maximum absolute atomic E-state index is 13.5. The van der Waals surface area contributed by atoms with E-state index in [-0.39, 0.29) is 5.82 Å². The summed E-state index contributed by atoms with van der Waals surface area (Å²) in [6, 6.07) is 8.25. The van der Waals surface area contributed by atoms with Crippen molar-refractivity contribution in [1.29, 1.82) is 0 Å². The lowest BCUT2D eigenvalue weighted by Gasteiger charge is -1.95. The minimum absolute atomic E-state index is 0.320. The molecule has 2 aromatic heterocycles. The average molecular weight is 228 g/mol. The molecule has 4 nitrogen and oxygen atoms in total. The second kappa shape index (κ2) is 3.55. The topological polar surface area (TPSA) is 67.6 Å². The molecule has 2 heterocycles. The van der Waals surface area contributed by atoms with Crippen molar-refractivity contribution in [2.75, 3.05) is 5.73 Å². The second-order valence-corrected chi connectivity index (χ2v) is 3.70. The fourth-order valence-corrected chi connectivity index (χ4v) is 1.66. The van der Waals surface area contributed by atoms with Gasteiger partial charge >= 0.3 is 0 Å². The Morgan fingerprint density at radius 3 is 2.76 bits per heavy atom. The number of para-hydroxylation sites is 1. The number of nitrogens with one attached hydrogen (secondary N) is 1. The molecule has 0 radical (unpaired) electrons. The first kappa shape index (κ1) is 9.77. The average Bonchev–Trinajstić information content (AvgIpc) is 2.75. The Hall–Kier alpha value is -2.43. The molecule has 3 rings (SSSR count). The quantitative estimate of drug-likeness (QED) is 0.671. The van der Waals surface area contributed by atoms with Crippen LogP contribution < -0.4 is 5.73 Å². The number of imidazole rings is 1. The predicted octanol–water partition coefficient (Wildman–Crippen LogP) is 2.35. The van der Waals surface area contributed by atoms with Gasteiger partial charge < -0.3 is 10.7 Å². The number of aromatic amines is 1. The van der Waals surface area contributed by atoms with Gasteiger partial charge in [0.1, 0.15) is 11.2 Å². The van der Waals surface area contributed by atoms with Gasteiger partial charge in [0.25, 0.3) is 0 Å². The molecule has 17 heavy (non-hydrogen) atoms. The van der Waals surface area contributed by atoms with E-state index in [1.54, 1.807) is 30.5 Å². The number of halogens is 1. The Morgan fingerprint density at radius 1 is 1.18 bits per heavy atom. The Labute approximate surface area is 96.3 Å². The summed E-state index contributed by atoms with van der Waals surface area (Å²) in [7, 11) is 0. The molecule has 3 aromatic rings. The van der Waals surface area contributed by atoms with Crippen molar-refractivity contribution in [3.8, 4) is 11.5 Å². The monoisotopic (exact) mass is 228 g/mol. The number of hydrogen-bond acceptors (Lipinski definition) is 3. The van der Waals surface area contributed by atoms with Crippen molar-refractivity contribution >= 4 is 16.7 Å². The molecule has 0 bridgehead atoms. The van der Waals surface area contributed by atoms with E-state index in [4.69, 9.17) is 5.73 Å². The number of fused-ring (bicyclic) bond motifs is 1. The lowest BCUT2D eigenvalue weighted by atomic mass is 10.3. The van der Waals surface area contributed by atoms with Gasteiger partial charge in [-0.3, -0.25) is 4.98 Å². The first-order valence-electron chi connectivity index (χ1n) is 5.10. The van der Waals surface area contributed by atoms with Gasteiger partial charge in [0.15, 0.2) is 11.6 Å². The second-order valence-electron chi connectivity index (χ2n) is 3.70. The zero-order valence-electron chi connectivity index (χ0n) is 8.81. The van der Waals surface area contributed by atoms with Crippen LogP contribution in [-0.4, -0.2) is 15.0 Å². The summed E-state index contributed by atoms with van der Waals surface area (Å²) < 4.78 is 13.5. The van der Waals surface area contributed by atoms with Gasteiger partial charge in [0.2, 0.25) is 0 Å². The maximum atomic E-state index is 13.5. The van der Waals surface area contributed by atoms with Crippen LogP contribution in [0, 0.1) is 5.82 Å². The number of anilines is 1. The minimum atomic E-state index is -0.347. The molecule has 0 saturated carbocycles. The van der Waals surface area contributed by atoms with Crippen LogP contribution in [0.1, 0.15) is 0 Å². The van der Waals surface area contributed by atoms with Gasteiger partial charge in [-0.15, -0.1) is 0 Å². The van der Waals surface area contributed by atoms with E-state index in [1.165, 1.54) is 6.07 Å². The van der Waals surface area contributed by atoms with Crippen LogP contribution in [0.4, 0.5) is 10.1 Å². The van der Waals surface area contributed by atoms with Gasteiger partial charge in [-0.1, -0.05) is 6.07 Å². The van der Waals surface area contributed by atoms with Gasteiger partial charge in [0, 0.05) is 0 Å². The highest BCUT2D eigenvalue weighted by Crippen LogP contribution is 2.20. The third-order valence-electron chi connectivity index (χ3n) is 2.49. The van der Waals surface area contributed by atoms with E-state index in [1.807, 2.05) is 0 Å².